The first-order valence-corrected chi connectivity index (χ1v) is 11.1. The minimum absolute atomic E-state index is 0.0376. The number of anilines is 1. The second-order valence-corrected chi connectivity index (χ2v) is 8.93. The van der Waals surface area contributed by atoms with Crippen LogP contribution in [0.25, 0.3) is 0 Å². The average Bonchev–Trinajstić information content (AvgIpc) is 2.85. The number of nitrogens with zero attached hydrogens (tertiary/aromatic N) is 4. The summed E-state index contributed by atoms with van der Waals surface area (Å²) in [6.45, 7) is 5.37. The Morgan fingerprint density at radius 2 is 1.72 bits per heavy atom. The lowest BCUT2D eigenvalue weighted by Crippen LogP contribution is -2.36. The summed E-state index contributed by atoms with van der Waals surface area (Å²) < 4.78 is 11.4. The van der Waals surface area contributed by atoms with Gasteiger partial charge in [-0.1, -0.05) is 12.1 Å². The number of nitriles is 2. The minimum Gasteiger partial charge on any atom is -0.487 e. The molecule has 0 saturated carbocycles. The fourth-order valence-corrected chi connectivity index (χ4v) is 3.26. The van der Waals surface area contributed by atoms with Gasteiger partial charge in [-0.2, -0.15) is 10.5 Å². The van der Waals surface area contributed by atoms with E-state index in [2.05, 4.69) is 11.1 Å². The molecule has 9 nitrogen and oxygen atoms in total. The third-order valence-corrected chi connectivity index (χ3v) is 4.90. The number of rotatable bonds is 7. The van der Waals surface area contributed by atoms with E-state index >= 15 is 0 Å². The first kappa shape index (κ1) is 26.2. The molecule has 0 fully saturated rings. The zero-order chi connectivity index (χ0) is 26.3. The molecule has 2 N–H and O–H groups in total. The van der Waals surface area contributed by atoms with Crippen LogP contribution in [0.4, 0.5) is 10.5 Å². The van der Waals surface area contributed by atoms with Crippen molar-refractivity contribution in [2.75, 3.05) is 4.90 Å². The van der Waals surface area contributed by atoms with Gasteiger partial charge in [0.05, 0.1) is 29.8 Å². The van der Waals surface area contributed by atoms with Crippen molar-refractivity contribution in [1.82, 2.24) is 4.98 Å². The van der Waals surface area contributed by atoms with Crippen LogP contribution in [-0.2, 0) is 17.9 Å². The number of amides is 1. The van der Waals surface area contributed by atoms with Crippen molar-refractivity contribution in [3.8, 4) is 17.9 Å². The quantitative estimate of drug-likeness (QED) is 0.470. The van der Waals surface area contributed by atoms with E-state index in [4.69, 9.17) is 20.0 Å². The van der Waals surface area contributed by atoms with Crippen LogP contribution < -0.4 is 9.64 Å². The molecule has 36 heavy (non-hydrogen) atoms. The highest BCUT2D eigenvalue weighted by molar-refractivity contribution is 5.87. The van der Waals surface area contributed by atoms with Gasteiger partial charge in [-0.15, -0.1) is 0 Å². The molecule has 0 unspecified atom stereocenters. The number of aliphatic hydroxyl groups is 2. The Hall–Kier alpha value is -4.44. The fraction of sp³-hybridized carbons (Fsp3) is 0.259. The number of pyridine rings is 1. The Balaban J connectivity index is 1.91. The standard InChI is InChI=1S/C27H26N4O5/c1-27(2,3)36-26(34)31(22-9-7-18(13-28)8-10-22)16-21-12-23(24(25(32)33)30-15-21)35-17-20-6-4-5-19(11-20)14-29/h4-12,15,25,32-33H,16-17H2,1-3H3. The smallest absolute Gasteiger partial charge is 0.415 e. The van der Waals surface area contributed by atoms with E-state index in [0.29, 0.717) is 27.9 Å². The predicted octanol–water partition coefficient (Wildman–Crippen LogP) is 4.33. The van der Waals surface area contributed by atoms with Crippen LogP contribution in [0.1, 0.15) is 55.0 Å². The van der Waals surface area contributed by atoms with Gasteiger partial charge >= 0.3 is 6.09 Å². The van der Waals surface area contributed by atoms with Gasteiger partial charge in [0.1, 0.15) is 23.7 Å². The molecule has 0 aliphatic rings. The van der Waals surface area contributed by atoms with E-state index in [9.17, 15) is 15.0 Å². The highest BCUT2D eigenvalue weighted by Gasteiger charge is 2.25. The number of hydrogen-bond acceptors (Lipinski definition) is 8. The van der Waals surface area contributed by atoms with E-state index in [-0.39, 0.29) is 24.6 Å². The number of hydrogen-bond donors (Lipinski definition) is 2. The molecular weight excluding hydrogens is 460 g/mol. The lowest BCUT2D eigenvalue weighted by atomic mass is 10.1. The molecule has 0 aliphatic heterocycles. The normalized spacial score (nSPS) is 10.9. The molecule has 0 radical (unpaired) electrons. The zero-order valence-corrected chi connectivity index (χ0v) is 20.2. The molecule has 3 rings (SSSR count). The van der Waals surface area contributed by atoms with E-state index < -0.39 is 18.0 Å². The molecule has 0 spiro atoms. The topological polar surface area (TPSA) is 140 Å². The Labute approximate surface area is 209 Å². The second-order valence-electron chi connectivity index (χ2n) is 8.93. The van der Waals surface area contributed by atoms with Crippen LogP contribution in [0.5, 0.6) is 5.75 Å². The van der Waals surface area contributed by atoms with Crippen LogP contribution >= 0.6 is 0 Å². The van der Waals surface area contributed by atoms with Crippen LogP contribution in [0.3, 0.4) is 0 Å². The maximum atomic E-state index is 13.0. The van der Waals surface area contributed by atoms with E-state index in [0.717, 1.165) is 0 Å². The van der Waals surface area contributed by atoms with Crippen LogP contribution in [-0.4, -0.2) is 26.9 Å². The molecular formula is C27H26N4O5. The Bertz CT molecular complexity index is 1300. The lowest BCUT2D eigenvalue weighted by molar-refractivity contribution is -0.0478. The monoisotopic (exact) mass is 486 g/mol. The zero-order valence-electron chi connectivity index (χ0n) is 20.2. The molecule has 1 amide bonds. The number of aromatic nitrogens is 1. The summed E-state index contributed by atoms with van der Waals surface area (Å²) in [5.74, 6) is 0.119. The molecule has 3 aromatic rings. The van der Waals surface area contributed by atoms with Gasteiger partial charge < -0.3 is 19.7 Å². The van der Waals surface area contributed by atoms with Gasteiger partial charge in [-0.05, 0) is 74.4 Å². The molecule has 1 aromatic heterocycles. The molecule has 1 heterocycles. The van der Waals surface area contributed by atoms with Gasteiger partial charge in [0.25, 0.3) is 0 Å². The van der Waals surface area contributed by atoms with Crippen molar-refractivity contribution in [3.05, 3.63) is 88.7 Å². The Kier molecular flexibility index (Phi) is 8.23. The summed E-state index contributed by atoms with van der Waals surface area (Å²) in [5.41, 5.74) is 1.85. The summed E-state index contributed by atoms with van der Waals surface area (Å²) in [7, 11) is 0. The molecule has 0 bridgehead atoms. The number of aliphatic hydroxyl groups excluding tert-OH is 1. The number of carbonyl (C=O) groups is 1. The predicted molar refractivity (Wildman–Crippen MR) is 130 cm³/mol. The van der Waals surface area contributed by atoms with Crippen molar-refractivity contribution in [2.45, 2.75) is 45.8 Å². The third kappa shape index (κ3) is 7.03. The van der Waals surface area contributed by atoms with Crippen molar-refractivity contribution in [1.29, 1.82) is 10.5 Å². The van der Waals surface area contributed by atoms with E-state index in [1.54, 1.807) is 75.4 Å². The molecule has 0 aliphatic carbocycles. The molecule has 0 atom stereocenters. The minimum atomic E-state index is -1.88. The lowest BCUT2D eigenvalue weighted by Gasteiger charge is -2.27. The first-order chi connectivity index (χ1) is 17.1. The third-order valence-electron chi connectivity index (χ3n) is 4.90. The molecule has 2 aromatic carbocycles. The van der Waals surface area contributed by atoms with Crippen LogP contribution in [0.2, 0.25) is 0 Å². The summed E-state index contributed by atoms with van der Waals surface area (Å²) in [6, 6.07) is 19.0. The Morgan fingerprint density at radius 1 is 1.03 bits per heavy atom. The Morgan fingerprint density at radius 3 is 2.33 bits per heavy atom. The van der Waals surface area contributed by atoms with Gasteiger partial charge in [0.15, 0.2) is 6.29 Å². The van der Waals surface area contributed by atoms with Crippen LogP contribution in [0, 0.1) is 22.7 Å². The first-order valence-electron chi connectivity index (χ1n) is 11.1. The number of benzene rings is 2. The van der Waals surface area contributed by atoms with Crippen molar-refractivity contribution in [3.63, 3.8) is 0 Å². The van der Waals surface area contributed by atoms with Crippen molar-refractivity contribution < 1.29 is 24.5 Å². The van der Waals surface area contributed by atoms with Gasteiger partial charge in [0, 0.05) is 11.9 Å². The number of carbonyl (C=O) groups excluding carboxylic acids is 1. The van der Waals surface area contributed by atoms with Gasteiger partial charge in [0.2, 0.25) is 0 Å². The second kappa shape index (κ2) is 11.3. The maximum absolute atomic E-state index is 13.0. The summed E-state index contributed by atoms with van der Waals surface area (Å²) in [4.78, 5) is 18.6. The fourth-order valence-electron chi connectivity index (χ4n) is 3.26. The summed E-state index contributed by atoms with van der Waals surface area (Å²) in [6.07, 6.45) is -1.06. The molecule has 184 valence electrons. The highest BCUT2D eigenvalue weighted by atomic mass is 16.6. The van der Waals surface area contributed by atoms with E-state index in [1.165, 1.54) is 11.1 Å². The van der Waals surface area contributed by atoms with Crippen molar-refractivity contribution >= 4 is 11.8 Å². The number of ether oxygens (including phenoxy) is 2. The van der Waals surface area contributed by atoms with Gasteiger partial charge in [-0.3, -0.25) is 9.88 Å². The highest BCUT2D eigenvalue weighted by Crippen LogP contribution is 2.27. The molecule has 0 saturated heterocycles. The van der Waals surface area contributed by atoms with Crippen LogP contribution in [0.15, 0.2) is 60.8 Å². The maximum Gasteiger partial charge on any atom is 0.415 e. The summed E-state index contributed by atoms with van der Waals surface area (Å²) in [5, 5.41) is 37.7. The van der Waals surface area contributed by atoms with E-state index in [1.807, 2.05) is 6.07 Å². The molecule has 9 heteroatoms. The largest absolute Gasteiger partial charge is 0.487 e. The van der Waals surface area contributed by atoms with Gasteiger partial charge in [-0.25, -0.2) is 4.79 Å². The SMILES string of the molecule is CC(C)(C)OC(=O)N(Cc1cnc(C(O)O)c(OCc2cccc(C#N)c2)c1)c1ccc(C#N)cc1. The summed E-state index contributed by atoms with van der Waals surface area (Å²) >= 11 is 0. The average molecular weight is 487 g/mol. The van der Waals surface area contributed by atoms with Crippen molar-refractivity contribution in [2.24, 2.45) is 0 Å².